The molecule has 0 aromatic heterocycles. The van der Waals surface area contributed by atoms with E-state index in [2.05, 4.69) is 28.0 Å². The number of rotatable bonds is 6. The molecule has 0 radical (unpaired) electrons. The van der Waals surface area contributed by atoms with Crippen LogP contribution in [0.3, 0.4) is 0 Å². The van der Waals surface area contributed by atoms with Gasteiger partial charge >= 0.3 is 0 Å². The maximum Gasteiger partial charge on any atom is 0.186 e. The van der Waals surface area contributed by atoms with Crippen LogP contribution in [0.15, 0.2) is 65.8 Å². The topological polar surface area (TPSA) is 45.7 Å². The number of hydrogen-bond acceptors (Lipinski definition) is 3. The van der Waals surface area contributed by atoms with Gasteiger partial charge in [-0.25, -0.2) is 0 Å². The van der Waals surface area contributed by atoms with Crippen LogP contribution in [0, 0.1) is 0 Å². The van der Waals surface area contributed by atoms with Crippen LogP contribution in [0.2, 0.25) is 5.02 Å². The first-order valence-electron chi connectivity index (χ1n) is 8.63. The van der Waals surface area contributed by atoms with E-state index in [-0.39, 0.29) is 0 Å². The molecule has 0 aliphatic heterocycles. The second-order valence-corrected chi connectivity index (χ2v) is 6.69. The SMILES string of the molecule is CCNC(=S)N/N=C\c1c(OCc2ccc(Cl)cc2)ccc2ccccc12. The molecule has 6 heteroatoms. The second kappa shape index (κ2) is 9.35. The van der Waals surface area contributed by atoms with Crippen LogP contribution in [-0.4, -0.2) is 17.9 Å². The second-order valence-electron chi connectivity index (χ2n) is 5.84. The van der Waals surface area contributed by atoms with Crippen molar-refractivity contribution in [2.75, 3.05) is 6.54 Å². The molecule has 0 heterocycles. The van der Waals surface area contributed by atoms with Gasteiger partial charge in [-0.1, -0.05) is 54.1 Å². The molecule has 2 N–H and O–H groups in total. The zero-order chi connectivity index (χ0) is 19.1. The maximum absolute atomic E-state index is 6.07. The van der Waals surface area contributed by atoms with Gasteiger partial charge in [-0.3, -0.25) is 5.43 Å². The smallest absolute Gasteiger partial charge is 0.186 e. The van der Waals surface area contributed by atoms with Crippen molar-refractivity contribution < 1.29 is 4.74 Å². The molecule has 0 fully saturated rings. The highest BCUT2D eigenvalue weighted by Gasteiger charge is 2.08. The number of halogens is 1. The first-order chi connectivity index (χ1) is 13.2. The van der Waals surface area contributed by atoms with Crippen LogP contribution in [0.25, 0.3) is 10.8 Å². The van der Waals surface area contributed by atoms with Gasteiger partial charge in [-0.05, 0) is 53.7 Å². The quantitative estimate of drug-likeness (QED) is 0.353. The third-order valence-corrected chi connectivity index (χ3v) is 4.42. The van der Waals surface area contributed by atoms with Gasteiger partial charge in [-0.2, -0.15) is 5.10 Å². The average molecular weight is 398 g/mol. The summed E-state index contributed by atoms with van der Waals surface area (Å²) in [5, 5.41) is 10.6. The number of nitrogens with zero attached hydrogens (tertiary/aromatic N) is 1. The van der Waals surface area contributed by atoms with Crippen LogP contribution >= 0.6 is 23.8 Å². The Hall–Kier alpha value is -2.63. The van der Waals surface area contributed by atoms with E-state index in [9.17, 15) is 0 Å². The molecule has 3 aromatic rings. The Morgan fingerprint density at radius 3 is 2.67 bits per heavy atom. The van der Waals surface area contributed by atoms with Crippen LogP contribution in [0.4, 0.5) is 0 Å². The van der Waals surface area contributed by atoms with Gasteiger partial charge in [-0.15, -0.1) is 0 Å². The largest absolute Gasteiger partial charge is 0.488 e. The summed E-state index contributed by atoms with van der Waals surface area (Å²) in [6.45, 7) is 3.16. The van der Waals surface area contributed by atoms with E-state index in [4.69, 9.17) is 28.6 Å². The predicted octanol–water partition coefficient (Wildman–Crippen LogP) is 4.89. The average Bonchev–Trinajstić information content (AvgIpc) is 2.68. The van der Waals surface area contributed by atoms with Crippen LogP contribution in [0.5, 0.6) is 5.75 Å². The minimum absolute atomic E-state index is 0.444. The third kappa shape index (κ3) is 5.18. The zero-order valence-electron chi connectivity index (χ0n) is 14.9. The highest BCUT2D eigenvalue weighted by molar-refractivity contribution is 7.80. The van der Waals surface area contributed by atoms with Crippen molar-refractivity contribution in [3.8, 4) is 5.75 Å². The van der Waals surface area contributed by atoms with Crippen molar-refractivity contribution in [1.82, 2.24) is 10.7 Å². The van der Waals surface area contributed by atoms with E-state index in [1.54, 1.807) is 6.21 Å². The number of nitrogens with one attached hydrogen (secondary N) is 2. The highest BCUT2D eigenvalue weighted by atomic mass is 35.5. The van der Waals surface area contributed by atoms with E-state index in [0.29, 0.717) is 16.7 Å². The fraction of sp³-hybridized carbons (Fsp3) is 0.143. The Labute approximate surface area is 169 Å². The lowest BCUT2D eigenvalue weighted by Gasteiger charge is -2.12. The Balaban J connectivity index is 1.85. The minimum atomic E-state index is 0.444. The summed E-state index contributed by atoms with van der Waals surface area (Å²) in [4.78, 5) is 0. The molecule has 0 aliphatic carbocycles. The van der Waals surface area contributed by atoms with Crippen molar-refractivity contribution in [2.45, 2.75) is 13.5 Å². The minimum Gasteiger partial charge on any atom is -0.488 e. The summed E-state index contributed by atoms with van der Waals surface area (Å²) in [6, 6.07) is 19.7. The summed E-state index contributed by atoms with van der Waals surface area (Å²) in [6.07, 6.45) is 1.74. The van der Waals surface area contributed by atoms with Gasteiger partial charge in [0.25, 0.3) is 0 Å². The van der Waals surface area contributed by atoms with E-state index in [1.807, 2.05) is 55.5 Å². The van der Waals surface area contributed by atoms with E-state index >= 15 is 0 Å². The normalized spacial score (nSPS) is 10.9. The summed E-state index contributed by atoms with van der Waals surface area (Å²) < 4.78 is 6.07. The molecule has 138 valence electrons. The molecule has 0 bridgehead atoms. The van der Waals surface area contributed by atoms with Gasteiger partial charge < -0.3 is 10.1 Å². The number of hydrazone groups is 1. The number of fused-ring (bicyclic) bond motifs is 1. The molecular formula is C21H20ClN3OS. The monoisotopic (exact) mass is 397 g/mol. The Morgan fingerprint density at radius 2 is 1.89 bits per heavy atom. The van der Waals surface area contributed by atoms with Crippen molar-refractivity contribution in [1.29, 1.82) is 0 Å². The lowest BCUT2D eigenvalue weighted by molar-refractivity contribution is 0.306. The highest BCUT2D eigenvalue weighted by Crippen LogP contribution is 2.27. The van der Waals surface area contributed by atoms with Crippen molar-refractivity contribution in [3.63, 3.8) is 0 Å². The summed E-state index contributed by atoms with van der Waals surface area (Å²) >= 11 is 11.1. The molecule has 0 spiro atoms. The van der Waals surface area contributed by atoms with Crippen LogP contribution in [-0.2, 0) is 6.61 Å². The fourth-order valence-electron chi connectivity index (χ4n) is 2.63. The first-order valence-corrected chi connectivity index (χ1v) is 9.42. The molecule has 0 saturated heterocycles. The van der Waals surface area contributed by atoms with Gasteiger partial charge in [0, 0.05) is 17.1 Å². The van der Waals surface area contributed by atoms with E-state index < -0.39 is 0 Å². The predicted molar refractivity (Wildman–Crippen MR) is 117 cm³/mol. The standard InChI is InChI=1S/C21H20ClN3OS/c1-2-23-21(27)25-24-13-19-18-6-4-3-5-16(18)9-12-20(19)26-14-15-7-10-17(22)11-8-15/h3-13H,2,14H2,1H3,(H2,23,25,27)/b24-13-. The lowest BCUT2D eigenvalue weighted by atomic mass is 10.0. The molecule has 0 unspecified atom stereocenters. The molecule has 3 aromatic carbocycles. The molecule has 0 aliphatic rings. The third-order valence-electron chi connectivity index (χ3n) is 3.94. The van der Waals surface area contributed by atoms with Crippen LogP contribution < -0.4 is 15.5 Å². The first kappa shape index (κ1) is 19.1. The van der Waals surface area contributed by atoms with Crippen molar-refractivity contribution >= 4 is 45.9 Å². The van der Waals surface area contributed by atoms with E-state index in [0.717, 1.165) is 34.2 Å². The molecule has 0 saturated carbocycles. The van der Waals surface area contributed by atoms with Crippen LogP contribution in [0.1, 0.15) is 18.1 Å². The Morgan fingerprint density at radius 1 is 1.11 bits per heavy atom. The number of benzene rings is 3. The number of hydrogen-bond donors (Lipinski definition) is 2. The molecular weight excluding hydrogens is 378 g/mol. The summed E-state index contributed by atoms with van der Waals surface area (Å²) in [5.41, 5.74) is 4.76. The molecule has 4 nitrogen and oxygen atoms in total. The zero-order valence-corrected chi connectivity index (χ0v) is 16.5. The maximum atomic E-state index is 6.07. The summed E-state index contributed by atoms with van der Waals surface area (Å²) in [5.74, 6) is 0.753. The molecule has 3 rings (SSSR count). The van der Waals surface area contributed by atoms with Gasteiger partial charge in [0.2, 0.25) is 0 Å². The fourth-order valence-corrected chi connectivity index (χ4v) is 2.95. The molecule has 0 amide bonds. The van der Waals surface area contributed by atoms with Gasteiger partial charge in [0.05, 0.1) is 6.21 Å². The Kier molecular flexibility index (Phi) is 6.63. The van der Waals surface area contributed by atoms with Gasteiger partial charge in [0.1, 0.15) is 12.4 Å². The van der Waals surface area contributed by atoms with E-state index in [1.165, 1.54) is 0 Å². The molecule has 27 heavy (non-hydrogen) atoms. The van der Waals surface area contributed by atoms with Gasteiger partial charge in [0.15, 0.2) is 5.11 Å². The Bertz CT molecular complexity index is 957. The molecule has 0 atom stereocenters. The summed E-state index contributed by atoms with van der Waals surface area (Å²) in [7, 11) is 0. The number of ether oxygens (including phenoxy) is 1. The van der Waals surface area contributed by atoms with Crippen molar-refractivity contribution in [2.24, 2.45) is 5.10 Å². The van der Waals surface area contributed by atoms with Crippen molar-refractivity contribution in [3.05, 3.63) is 76.8 Å². The lowest BCUT2D eigenvalue weighted by Crippen LogP contribution is -2.31. The number of thiocarbonyl (C=S) groups is 1.